The normalized spacial score (nSPS) is 14.6. The topological polar surface area (TPSA) is 75.0 Å². The Hall–Kier alpha value is -3.32. The number of piperazine rings is 1. The van der Waals surface area contributed by atoms with E-state index in [-0.39, 0.29) is 5.56 Å². The number of carbonyl (C=O) groups excluding carboxylic acids is 1. The number of rotatable bonds is 6. The van der Waals surface area contributed by atoms with Gasteiger partial charge in [0.1, 0.15) is 5.56 Å². The summed E-state index contributed by atoms with van der Waals surface area (Å²) in [5, 5.41) is 3.49. The maximum Gasteiger partial charge on any atom is 0.349 e. The van der Waals surface area contributed by atoms with Crippen LogP contribution in [0.3, 0.4) is 0 Å². The highest BCUT2D eigenvalue weighted by Gasteiger charge is 2.18. The van der Waals surface area contributed by atoms with Crippen LogP contribution in [0, 0.1) is 0 Å². The van der Waals surface area contributed by atoms with Gasteiger partial charge in [0.2, 0.25) is 0 Å². The van der Waals surface area contributed by atoms with Gasteiger partial charge in [-0.05, 0) is 24.3 Å². The fourth-order valence-electron chi connectivity index (χ4n) is 3.73. The molecule has 1 saturated heterocycles. The molecule has 1 aliphatic heterocycles. The SMILES string of the molecule is COc1cccc2cc(C(=O)NCCN3CCN(c4ccccc4)CC3)c(=O)oc12. The lowest BCUT2D eigenvalue weighted by Crippen LogP contribution is -2.48. The van der Waals surface area contributed by atoms with Crippen molar-refractivity contribution in [2.24, 2.45) is 0 Å². The summed E-state index contributed by atoms with van der Waals surface area (Å²) >= 11 is 0. The number of anilines is 1. The third kappa shape index (κ3) is 4.31. The minimum Gasteiger partial charge on any atom is -0.493 e. The van der Waals surface area contributed by atoms with Crippen LogP contribution >= 0.6 is 0 Å². The van der Waals surface area contributed by atoms with Gasteiger partial charge >= 0.3 is 5.63 Å². The van der Waals surface area contributed by atoms with Crippen LogP contribution in [-0.2, 0) is 0 Å². The molecule has 156 valence electrons. The molecule has 0 radical (unpaired) electrons. The van der Waals surface area contributed by atoms with Gasteiger partial charge in [0.25, 0.3) is 5.91 Å². The van der Waals surface area contributed by atoms with Gasteiger partial charge < -0.3 is 19.4 Å². The molecule has 0 saturated carbocycles. The first kappa shape index (κ1) is 20.0. The van der Waals surface area contributed by atoms with Crippen molar-refractivity contribution in [3.05, 3.63) is 70.6 Å². The zero-order valence-electron chi connectivity index (χ0n) is 17.0. The van der Waals surface area contributed by atoms with Crippen LogP contribution in [0.25, 0.3) is 11.0 Å². The summed E-state index contributed by atoms with van der Waals surface area (Å²) in [6.07, 6.45) is 0. The van der Waals surface area contributed by atoms with Crippen molar-refractivity contribution in [3.8, 4) is 5.75 Å². The van der Waals surface area contributed by atoms with E-state index in [9.17, 15) is 9.59 Å². The lowest BCUT2D eigenvalue weighted by atomic mass is 10.1. The summed E-state index contributed by atoms with van der Waals surface area (Å²) in [4.78, 5) is 29.5. The number of hydrogen-bond donors (Lipinski definition) is 1. The molecule has 7 heteroatoms. The molecule has 0 spiro atoms. The van der Waals surface area contributed by atoms with Crippen molar-refractivity contribution in [2.75, 3.05) is 51.3 Å². The molecule has 1 aromatic heterocycles. The van der Waals surface area contributed by atoms with E-state index >= 15 is 0 Å². The maximum absolute atomic E-state index is 12.5. The molecule has 0 bridgehead atoms. The van der Waals surface area contributed by atoms with Crippen molar-refractivity contribution in [1.29, 1.82) is 0 Å². The summed E-state index contributed by atoms with van der Waals surface area (Å²) < 4.78 is 10.5. The van der Waals surface area contributed by atoms with Crippen LogP contribution in [0.1, 0.15) is 10.4 Å². The van der Waals surface area contributed by atoms with E-state index in [1.165, 1.54) is 12.8 Å². The summed E-state index contributed by atoms with van der Waals surface area (Å²) in [6.45, 7) is 4.98. The quantitative estimate of drug-likeness (QED) is 0.633. The van der Waals surface area contributed by atoms with Gasteiger partial charge in [-0.3, -0.25) is 9.69 Å². The second-order valence-corrected chi connectivity index (χ2v) is 7.25. The number of fused-ring (bicyclic) bond motifs is 1. The third-order valence-electron chi connectivity index (χ3n) is 5.40. The number of methoxy groups -OCH3 is 1. The molecule has 30 heavy (non-hydrogen) atoms. The number of benzene rings is 2. The highest BCUT2D eigenvalue weighted by Crippen LogP contribution is 2.24. The molecule has 0 atom stereocenters. The predicted octanol–water partition coefficient (Wildman–Crippen LogP) is 2.35. The number of amides is 1. The van der Waals surface area contributed by atoms with Gasteiger partial charge in [-0.15, -0.1) is 0 Å². The van der Waals surface area contributed by atoms with Crippen LogP contribution in [0.4, 0.5) is 5.69 Å². The third-order valence-corrected chi connectivity index (χ3v) is 5.40. The Labute approximate surface area is 174 Å². The molecule has 1 fully saturated rings. The second-order valence-electron chi connectivity index (χ2n) is 7.25. The summed E-state index contributed by atoms with van der Waals surface area (Å²) in [7, 11) is 1.51. The molecule has 4 rings (SSSR count). The van der Waals surface area contributed by atoms with E-state index in [2.05, 4.69) is 39.4 Å². The van der Waals surface area contributed by atoms with Crippen molar-refractivity contribution < 1.29 is 13.9 Å². The van der Waals surface area contributed by atoms with Gasteiger partial charge in [-0.25, -0.2) is 4.79 Å². The highest BCUT2D eigenvalue weighted by molar-refractivity contribution is 5.97. The Morgan fingerprint density at radius 3 is 2.57 bits per heavy atom. The van der Waals surface area contributed by atoms with Gasteiger partial charge in [0.05, 0.1) is 7.11 Å². The molecule has 0 unspecified atom stereocenters. The average molecular weight is 407 g/mol. The number of ether oxygens (including phenoxy) is 1. The Morgan fingerprint density at radius 2 is 1.83 bits per heavy atom. The molecule has 1 N–H and O–H groups in total. The van der Waals surface area contributed by atoms with Gasteiger partial charge in [-0.1, -0.05) is 30.3 Å². The maximum atomic E-state index is 12.5. The fraction of sp³-hybridized carbons (Fsp3) is 0.304. The predicted molar refractivity (Wildman–Crippen MR) is 116 cm³/mol. The smallest absolute Gasteiger partial charge is 0.349 e. The largest absolute Gasteiger partial charge is 0.493 e. The van der Waals surface area contributed by atoms with Gasteiger partial charge in [0.15, 0.2) is 11.3 Å². The minimum absolute atomic E-state index is 0.00431. The lowest BCUT2D eigenvalue weighted by Gasteiger charge is -2.36. The van der Waals surface area contributed by atoms with E-state index in [0.29, 0.717) is 23.3 Å². The molecule has 3 aromatic rings. The Kier molecular flexibility index (Phi) is 5.99. The van der Waals surface area contributed by atoms with E-state index in [0.717, 1.165) is 32.7 Å². The first-order valence-corrected chi connectivity index (χ1v) is 10.1. The molecular weight excluding hydrogens is 382 g/mol. The van der Waals surface area contributed by atoms with E-state index in [1.54, 1.807) is 24.3 Å². The Morgan fingerprint density at radius 1 is 1.07 bits per heavy atom. The number of nitrogens with one attached hydrogen (secondary N) is 1. The van der Waals surface area contributed by atoms with Crippen LogP contribution in [0.2, 0.25) is 0 Å². The minimum atomic E-state index is -0.666. The van der Waals surface area contributed by atoms with Crippen molar-refractivity contribution in [3.63, 3.8) is 0 Å². The molecule has 0 aliphatic carbocycles. The zero-order chi connectivity index (χ0) is 20.9. The molecule has 2 heterocycles. The molecule has 2 aromatic carbocycles. The van der Waals surface area contributed by atoms with E-state index in [4.69, 9.17) is 9.15 Å². The van der Waals surface area contributed by atoms with Gasteiger partial charge in [-0.2, -0.15) is 0 Å². The van der Waals surface area contributed by atoms with E-state index < -0.39 is 11.5 Å². The summed E-state index contributed by atoms with van der Waals surface area (Å²) in [6, 6.07) is 17.2. The zero-order valence-corrected chi connectivity index (χ0v) is 17.0. The standard InChI is InChI=1S/C23H25N3O4/c1-29-20-9-5-6-17-16-19(23(28)30-21(17)20)22(27)24-10-11-25-12-14-26(15-13-25)18-7-3-2-4-8-18/h2-9,16H,10-15H2,1H3,(H,24,27). The average Bonchev–Trinajstić information content (AvgIpc) is 2.79. The Balaban J connectivity index is 1.31. The summed E-state index contributed by atoms with van der Waals surface area (Å²) in [5.74, 6) is 0.0441. The highest BCUT2D eigenvalue weighted by atomic mass is 16.5. The van der Waals surface area contributed by atoms with Crippen LogP contribution in [0.15, 0.2) is 63.8 Å². The molecular formula is C23H25N3O4. The fourth-order valence-corrected chi connectivity index (χ4v) is 3.73. The van der Waals surface area contributed by atoms with E-state index in [1.807, 2.05) is 6.07 Å². The first-order chi connectivity index (χ1) is 14.7. The first-order valence-electron chi connectivity index (χ1n) is 10.1. The van der Waals surface area contributed by atoms with Crippen molar-refractivity contribution >= 4 is 22.6 Å². The molecule has 1 amide bonds. The number of para-hydroxylation sites is 2. The van der Waals surface area contributed by atoms with Crippen LogP contribution in [0.5, 0.6) is 5.75 Å². The van der Waals surface area contributed by atoms with Crippen molar-refractivity contribution in [2.45, 2.75) is 0 Å². The lowest BCUT2D eigenvalue weighted by molar-refractivity contribution is 0.0944. The van der Waals surface area contributed by atoms with Crippen molar-refractivity contribution in [1.82, 2.24) is 10.2 Å². The summed E-state index contributed by atoms with van der Waals surface area (Å²) in [5.41, 5.74) is 0.925. The molecule has 7 nitrogen and oxygen atoms in total. The Bertz CT molecular complexity index is 1070. The number of carbonyl (C=O) groups is 1. The van der Waals surface area contributed by atoms with Gasteiger partial charge in [0, 0.05) is 50.3 Å². The monoisotopic (exact) mass is 407 g/mol. The van der Waals surface area contributed by atoms with Crippen LogP contribution < -0.4 is 20.6 Å². The number of hydrogen-bond acceptors (Lipinski definition) is 6. The molecule has 1 aliphatic rings. The second kappa shape index (κ2) is 9.00. The number of nitrogens with zero attached hydrogens (tertiary/aromatic N) is 2. The van der Waals surface area contributed by atoms with Crippen LogP contribution in [-0.4, -0.2) is 57.2 Å².